The van der Waals surface area contributed by atoms with Crippen LogP contribution in [0.5, 0.6) is 0 Å². The van der Waals surface area contributed by atoms with Crippen molar-refractivity contribution >= 4 is 45.2 Å². The van der Waals surface area contributed by atoms with Crippen molar-refractivity contribution in [3.05, 3.63) is 60.0 Å². The number of nitrogens with zero attached hydrogens (tertiary/aromatic N) is 3. The Kier molecular flexibility index (Phi) is 6.24. The number of benzene rings is 2. The zero-order chi connectivity index (χ0) is 20.1. The van der Waals surface area contributed by atoms with Gasteiger partial charge in [0.1, 0.15) is 0 Å². The van der Waals surface area contributed by atoms with Crippen LogP contribution in [0, 0.1) is 0 Å². The highest BCUT2D eigenvalue weighted by Gasteiger charge is 2.14. The predicted octanol–water partition coefficient (Wildman–Crippen LogP) is 4.54. The van der Waals surface area contributed by atoms with Crippen LogP contribution in [0.2, 0.25) is 0 Å². The van der Waals surface area contributed by atoms with E-state index in [0.717, 1.165) is 27.4 Å². The number of thioether (sulfide) groups is 1. The number of fused-ring (bicyclic) bond motifs is 1. The van der Waals surface area contributed by atoms with E-state index in [2.05, 4.69) is 19.9 Å². The van der Waals surface area contributed by atoms with Gasteiger partial charge in [-0.3, -0.25) is 4.79 Å². The van der Waals surface area contributed by atoms with E-state index in [4.69, 9.17) is 4.74 Å². The largest absolute Gasteiger partial charge is 0.383 e. The number of hydrogen-bond donors (Lipinski definition) is 1. The van der Waals surface area contributed by atoms with Crippen molar-refractivity contribution in [1.29, 1.82) is 0 Å². The number of imidazole rings is 1. The molecule has 0 saturated heterocycles. The van der Waals surface area contributed by atoms with Crippen molar-refractivity contribution in [2.24, 2.45) is 0 Å². The van der Waals surface area contributed by atoms with E-state index in [1.165, 1.54) is 23.1 Å². The molecule has 2 aromatic carbocycles. The van der Waals surface area contributed by atoms with Gasteiger partial charge in [-0.05, 0) is 12.1 Å². The second-order valence-corrected chi connectivity index (χ2v) is 8.07. The lowest BCUT2D eigenvalue weighted by Gasteiger charge is -2.08. The molecular weight excluding hydrogens is 404 g/mol. The molecule has 0 fully saturated rings. The molecule has 0 radical (unpaired) electrons. The number of aromatic nitrogens is 3. The number of rotatable bonds is 8. The number of thiazole rings is 1. The second-order valence-electron chi connectivity index (χ2n) is 6.27. The molecule has 2 heterocycles. The average Bonchev–Trinajstić information content (AvgIpc) is 3.36. The molecule has 148 valence electrons. The first-order chi connectivity index (χ1) is 14.2. The fourth-order valence-corrected chi connectivity index (χ4v) is 4.50. The van der Waals surface area contributed by atoms with E-state index >= 15 is 0 Å². The third-order valence-corrected chi connectivity index (χ3v) is 6.03. The van der Waals surface area contributed by atoms with Crippen molar-refractivity contribution in [3.8, 4) is 11.3 Å². The number of methoxy groups -OCH3 is 1. The van der Waals surface area contributed by atoms with Crippen LogP contribution in [0.15, 0.2) is 65.1 Å². The van der Waals surface area contributed by atoms with Crippen molar-refractivity contribution in [3.63, 3.8) is 0 Å². The zero-order valence-electron chi connectivity index (χ0n) is 15.9. The Morgan fingerprint density at radius 2 is 1.93 bits per heavy atom. The highest BCUT2D eigenvalue weighted by atomic mass is 32.2. The summed E-state index contributed by atoms with van der Waals surface area (Å²) in [6.45, 7) is 1.27. The van der Waals surface area contributed by atoms with Gasteiger partial charge in [0.2, 0.25) is 5.91 Å². The van der Waals surface area contributed by atoms with Crippen LogP contribution in [-0.4, -0.2) is 39.9 Å². The minimum absolute atomic E-state index is 0.102. The minimum Gasteiger partial charge on any atom is -0.383 e. The van der Waals surface area contributed by atoms with Gasteiger partial charge in [0, 0.05) is 24.6 Å². The summed E-state index contributed by atoms with van der Waals surface area (Å²) in [6.07, 6.45) is 0. The SMILES string of the molecule is COCCn1c(SCC(=O)Nc2nc(-c3ccccc3)cs2)nc2ccccc21. The smallest absolute Gasteiger partial charge is 0.236 e. The van der Waals surface area contributed by atoms with E-state index in [9.17, 15) is 4.79 Å². The van der Waals surface area contributed by atoms with Gasteiger partial charge in [-0.1, -0.05) is 54.2 Å². The van der Waals surface area contributed by atoms with Gasteiger partial charge in [-0.25, -0.2) is 9.97 Å². The molecular formula is C21H20N4O2S2. The number of ether oxygens (including phenoxy) is 1. The molecule has 0 spiro atoms. The van der Waals surface area contributed by atoms with Crippen LogP contribution in [-0.2, 0) is 16.1 Å². The number of para-hydroxylation sites is 2. The maximum absolute atomic E-state index is 12.4. The van der Waals surface area contributed by atoms with Crippen LogP contribution in [0.25, 0.3) is 22.3 Å². The molecule has 4 rings (SSSR count). The lowest BCUT2D eigenvalue weighted by atomic mass is 10.2. The third kappa shape index (κ3) is 4.67. The molecule has 4 aromatic rings. The number of hydrogen-bond acceptors (Lipinski definition) is 6. The Morgan fingerprint density at radius 1 is 1.14 bits per heavy atom. The molecule has 0 bridgehead atoms. The van der Waals surface area contributed by atoms with Crippen molar-refractivity contribution in [1.82, 2.24) is 14.5 Å². The Morgan fingerprint density at radius 3 is 2.76 bits per heavy atom. The molecule has 0 unspecified atom stereocenters. The Bertz CT molecular complexity index is 1110. The topological polar surface area (TPSA) is 69.0 Å². The summed E-state index contributed by atoms with van der Waals surface area (Å²) in [5.41, 5.74) is 3.85. The maximum Gasteiger partial charge on any atom is 0.236 e. The standard InChI is InChI=1S/C21H20N4O2S2/c1-27-12-11-25-18-10-6-5-9-16(18)23-21(25)29-14-19(26)24-20-22-17(13-28-20)15-7-3-2-4-8-15/h2-10,13H,11-12,14H2,1H3,(H,22,24,26). The van der Waals surface area contributed by atoms with Crippen LogP contribution in [0.1, 0.15) is 0 Å². The number of anilines is 1. The second kappa shape index (κ2) is 9.21. The molecule has 2 aromatic heterocycles. The van der Waals surface area contributed by atoms with Gasteiger partial charge < -0.3 is 14.6 Å². The number of nitrogens with one attached hydrogen (secondary N) is 1. The van der Waals surface area contributed by atoms with Gasteiger partial charge >= 0.3 is 0 Å². The summed E-state index contributed by atoms with van der Waals surface area (Å²) in [7, 11) is 1.68. The van der Waals surface area contributed by atoms with E-state index in [1.807, 2.05) is 60.0 Å². The van der Waals surface area contributed by atoms with E-state index in [0.29, 0.717) is 18.3 Å². The fourth-order valence-electron chi connectivity index (χ4n) is 2.92. The highest BCUT2D eigenvalue weighted by molar-refractivity contribution is 7.99. The molecule has 0 aliphatic carbocycles. The Labute approximate surface area is 176 Å². The van der Waals surface area contributed by atoms with Crippen molar-refractivity contribution < 1.29 is 9.53 Å². The molecule has 1 N–H and O–H groups in total. The predicted molar refractivity (Wildman–Crippen MR) is 119 cm³/mol. The highest BCUT2D eigenvalue weighted by Crippen LogP contribution is 2.26. The zero-order valence-corrected chi connectivity index (χ0v) is 17.5. The summed E-state index contributed by atoms with van der Waals surface area (Å²) in [5.74, 6) is 0.158. The van der Waals surface area contributed by atoms with Gasteiger partial charge in [-0.15, -0.1) is 11.3 Å². The third-order valence-electron chi connectivity index (χ3n) is 4.29. The fraction of sp³-hybridized carbons (Fsp3) is 0.190. The number of carbonyl (C=O) groups excluding carboxylic acids is 1. The first kappa shape index (κ1) is 19.6. The Hall–Kier alpha value is -2.68. The monoisotopic (exact) mass is 424 g/mol. The van der Waals surface area contributed by atoms with Crippen molar-refractivity contribution in [2.75, 3.05) is 24.8 Å². The first-order valence-electron chi connectivity index (χ1n) is 9.12. The summed E-state index contributed by atoms with van der Waals surface area (Å²) < 4.78 is 7.31. The van der Waals surface area contributed by atoms with Crippen LogP contribution in [0.3, 0.4) is 0 Å². The first-order valence-corrected chi connectivity index (χ1v) is 11.0. The lowest BCUT2D eigenvalue weighted by molar-refractivity contribution is -0.113. The van der Waals surface area contributed by atoms with Gasteiger partial charge in [0.25, 0.3) is 0 Å². The van der Waals surface area contributed by atoms with Gasteiger partial charge in [-0.2, -0.15) is 0 Å². The summed E-state index contributed by atoms with van der Waals surface area (Å²) >= 11 is 2.84. The lowest BCUT2D eigenvalue weighted by Crippen LogP contribution is -2.14. The maximum atomic E-state index is 12.4. The Balaban J connectivity index is 1.42. The van der Waals surface area contributed by atoms with E-state index in [1.54, 1.807) is 7.11 Å². The molecule has 8 heteroatoms. The summed E-state index contributed by atoms with van der Waals surface area (Å²) in [6, 6.07) is 17.9. The van der Waals surface area contributed by atoms with Gasteiger partial charge in [0.15, 0.2) is 10.3 Å². The average molecular weight is 425 g/mol. The van der Waals surface area contributed by atoms with E-state index < -0.39 is 0 Å². The molecule has 0 saturated carbocycles. The van der Waals surface area contributed by atoms with E-state index in [-0.39, 0.29) is 11.7 Å². The quantitative estimate of drug-likeness (QED) is 0.421. The number of amides is 1. The van der Waals surface area contributed by atoms with Crippen LogP contribution in [0.4, 0.5) is 5.13 Å². The molecule has 0 aliphatic heterocycles. The summed E-state index contributed by atoms with van der Waals surface area (Å²) in [5, 5.41) is 6.24. The molecule has 29 heavy (non-hydrogen) atoms. The van der Waals surface area contributed by atoms with Crippen LogP contribution >= 0.6 is 23.1 Å². The van der Waals surface area contributed by atoms with Crippen molar-refractivity contribution in [2.45, 2.75) is 11.7 Å². The molecule has 6 nitrogen and oxygen atoms in total. The number of carbonyl (C=O) groups is 1. The normalized spacial score (nSPS) is 11.1. The minimum atomic E-state index is -0.102. The molecule has 0 atom stereocenters. The van der Waals surface area contributed by atoms with Crippen LogP contribution < -0.4 is 5.32 Å². The van der Waals surface area contributed by atoms with Gasteiger partial charge in [0.05, 0.1) is 29.1 Å². The summed E-state index contributed by atoms with van der Waals surface area (Å²) in [4.78, 5) is 21.6. The molecule has 0 aliphatic rings. The molecule has 1 amide bonds.